The fourth-order valence-electron chi connectivity index (χ4n) is 1.85. The van der Waals surface area contributed by atoms with Gasteiger partial charge in [-0.2, -0.15) is 0 Å². The molecule has 3 nitrogen and oxygen atoms in total. The van der Waals surface area contributed by atoms with E-state index in [2.05, 4.69) is 0 Å². The molecule has 0 saturated carbocycles. The van der Waals surface area contributed by atoms with E-state index in [1.165, 1.54) is 17.8 Å². The zero-order valence-corrected chi connectivity index (χ0v) is 12.5. The molecule has 1 N–H and O–H groups in total. The quantitative estimate of drug-likeness (QED) is 0.811. The SMILES string of the molecule is CCSc1cccc(Oc2ccc(C)c(F)c2)c1C(=O)O. The molecule has 0 amide bonds. The molecule has 0 unspecified atom stereocenters. The first-order chi connectivity index (χ1) is 10.0. The van der Waals surface area contributed by atoms with E-state index in [9.17, 15) is 14.3 Å². The Morgan fingerprint density at radius 2 is 2.10 bits per heavy atom. The fraction of sp³-hybridized carbons (Fsp3) is 0.188. The Morgan fingerprint density at radius 1 is 1.33 bits per heavy atom. The summed E-state index contributed by atoms with van der Waals surface area (Å²) >= 11 is 1.43. The minimum atomic E-state index is -1.06. The normalized spacial score (nSPS) is 10.4. The molecule has 0 aliphatic carbocycles. The molecule has 5 heteroatoms. The molecule has 110 valence electrons. The third-order valence-corrected chi connectivity index (χ3v) is 3.81. The Hall–Kier alpha value is -2.01. The van der Waals surface area contributed by atoms with E-state index in [1.807, 2.05) is 6.92 Å². The molecule has 0 bridgehead atoms. The van der Waals surface area contributed by atoms with Crippen molar-refractivity contribution in [2.75, 3.05) is 5.75 Å². The second-order valence-electron chi connectivity index (χ2n) is 4.38. The number of carboxylic acid groups (broad SMARTS) is 1. The number of aromatic carboxylic acids is 1. The maximum atomic E-state index is 13.5. The summed E-state index contributed by atoms with van der Waals surface area (Å²) < 4.78 is 19.1. The summed E-state index contributed by atoms with van der Waals surface area (Å²) in [4.78, 5) is 12.1. The van der Waals surface area contributed by atoms with Crippen molar-refractivity contribution in [1.29, 1.82) is 0 Å². The van der Waals surface area contributed by atoms with Crippen LogP contribution in [-0.4, -0.2) is 16.8 Å². The Balaban J connectivity index is 2.41. The highest BCUT2D eigenvalue weighted by molar-refractivity contribution is 7.99. The number of aryl methyl sites for hydroxylation is 1. The van der Waals surface area contributed by atoms with Crippen molar-refractivity contribution in [3.05, 3.63) is 53.3 Å². The van der Waals surface area contributed by atoms with Crippen LogP contribution in [0.3, 0.4) is 0 Å². The lowest BCUT2D eigenvalue weighted by Crippen LogP contribution is -2.02. The van der Waals surface area contributed by atoms with Gasteiger partial charge in [-0.1, -0.05) is 19.1 Å². The van der Waals surface area contributed by atoms with E-state index in [4.69, 9.17) is 4.74 Å². The average Bonchev–Trinajstić information content (AvgIpc) is 2.43. The zero-order valence-electron chi connectivity index (χ0n) is 11.7. The first-order valence-corrected chi connectivity index (χ1v) is 7.44. The molecular formula is C16H15FO3S. The number of carbonyl (C=O) groups is 1. The molecule has 0 aliphatic heterocycles. The average molecular weight is 306 g/mol. The predicted molar refractivity (Wildman–Crippen MR) is 81.0 cm³/mol. The van der Waals surface area contributed by atoms with Gasteiger partial charge in [-0.25, -0.2) is 9.18 Å². The van der Waals surface area contributed by atoms with Crippen LogP contribution in [0.25, 0.3) is 0 Å². The molecule has 2 aromatic rings. The molecule has 0 atom stereocenters. The Kier molecular flexibility index (Phi) is 4.85. The monoisotopic (exact) mass is 306 g/mol. The first kappa shape index (κ1) is 15.4. The van der Waals surface area contributed by atoms with E-state index in [0.717, 1.165) is 5.75 Å². The van der Waals surface area contributed by atoms with Crippen molar-refractivity contribution < 1.29 is 19.0 Å². The van der Waals surface area contributed by atoms with E-state index < -0.39 is 5.97 Å². The number of hydrogen-bond donors (Lipinski definition) is 1. The van der Waals surface area contributed by atoms with Crippen LogP contribution in [0, 0.1) is 12.7 Å². The number of carboxylic acids is 1. The highest BCUT2D eigenvalue weighted by Gasteiger charge is 2.17. The van der Waals surface area contributed by atoms with Gasteiger partial charge in [0.15, 0.2) is 0 Å². The van der Waals surface area contributed by atoms with Gasteiger partial charge in [0.25, 0.3) is 0 Å². The summed E-state index contributed by atoms with van der Waals surface area (Å²) in [6.07, 6.45) is 0. The second-order valence-corrected chi connectivity index (χ2v) is 5.69. The second kappa shape index (κ2) is 6.63. The first-order valence-electron chi connectivity index (χ1n) is 6.46. The lowest BCUT2D eigenvalue weighted by atomic mass is 10.2. The van der Waals surface area contributed by atoms with Crippen LogP contribution in [-0.2, 0) is 0 Å². The van der Waals surface area contributed by atoms with Gasteiger partial charge in [-0.15, -0.1) is 11.8 Å². The highest BCUT2D eigenvalue weighted by atomic mass is 32.2. The molecule has 0 fully saturated rings. The lowest BCUT2D eigenvalue weighted by Gasteiger charge is -2.12. The summed E-state index contributed by atoms with van der Waals surface area (Å²) in [5.74, 6) is -0.204. The Morgan fingerprint density at radius 3 is 2.71 bits per heavy atom. The van der Waals surface area contributed by atoms with Crippen LogP contribution in [0.5, 0.6) is 11.5 Å². The lowest BCUT2D eigenvalue weighted by molar-refractivity contribution is 0.0690. The van der Waals surface area contributed by atoms with Crippen LogP contribution in [0.2, 0.25) is 0 Å². The molecule has 0 radical (unpaired) electrons. The molecule has 0 spiro atoms. The summed E-state index contributed by atoms with van der Waals surface area (Å²) in [5, 5.41) is 9.38. The van der Waals surface area contributed by atoms with Gasteiger partial charge >= 0.3 is 5.97 Å². The number of hydrogen-bond acceptors (Lipinski definition) is 3. The number of thioether (sulfide) groups is 1. The van der Waals surface area contributed by atoms with Crippen LogP contribution < -0.4 is 4.74 Å². The van der Waals surface area contributed by atoms with Crippen molar-refractivity contribution in [3.8, 4) is 11.5 Å². The summed E-state index contributed by atoms with van der Waals surface area (Å²) in [5.41, 5.74) is 0.612. The largest absolute Gasteiger partial charge is 0.478 e. The van der Waals surface area contributed by atoms with Gasteiger partial charge in [0.1, 0.15) is 22.9 Å². The van der Waals surface area contributed by atoms with Crippen molar-refractivity contribution in [3.63, 3.8) is 0 Å². The summed E-state index contributed by atoms with van der Waals surface area (Å²) in [7, 11) is 0. The third-order valence-electron chi connectivity index (χ3n) is 2.87. The minimum absolute atomic E-state index is 0.102. The minimum Gasteiger partial charge on any atom is -0.478 e. The molecule has 0 saturated heterocycles. The number of benzene rings is 2. The van der Waals surface area contributed by atoms with Crippen molar-refractivity contribution in [2.24, 2.45) is 0 Å². The maximum absolute atomic E-state index is 13.5. The molecule has 2 rings (SSSR count). The van der Waals surface area contributed by atoms with E-state index in [0.29, 0.717) is 10.5 Å². The van der Waals surface area contributed by atoms with Crippen LogP contribution >= 0.6 is 11.8 Å². The van der Waals surface area contributed by atoms with Gasteiger partial charge < -0.3 is 9.84 Å². The van der Waals surface area contributed by atoms with Gasteiger partial charge in [0.2, 0.25) is 0 Å². The standard InChI is InChI=1S/C16H15FO3S/c1-3-21-14-6-4-5-13(15(14)16(18)19)20-11-8-7-10(2)12(17)9-11/h4-9H,3H2,1-2H3,(H,18,19). The van der Waals surface area contributed by atoms with Crippen molar-refractivity contribution in [1.82, 2.24) is 0 Å². The molecule has 0 heterocycles. The van der Waals surface area contributed by atoms with Gasteiger partial charge in [0, 0.05) is 11.0 Å². The van der Waals surface area contributed by atoms with Crippen LogP contribution in [0.1, 0.15) is 22.8 Å². The van der Waals surface area contributed by atoms with Gasteiger partial charge in [-0.05, 0) is 36.4 Å². The smallest absolute Gasteiger partial charge is 0.340 e. The summed E-state index contributed by atoms with van der Waals surface area (Å²) in [6, 6.07) is 9.49. The van der Waals surface area contributed by atoms with Gasteiger partial charge in [0.05, 0.1) is 0 Å². The van der Waals surface area contributed by atoms with Crippen molar-refractivity contribution >= 4 is 17.7 Å². The highest BCUT2D eigenvalue weighted by Crippen LogP contribution is 2.33. The van der Waals surface area contributed by atoms with Crippen LogP contribution in [0.15, 0.2) is 41.3 Å². The summed E-state index contributed by atoms with van der Waals surface area (Å²) in [6.45, 7) is 3.60. The molecule has 21 heavy (non-hydrogen) atoms. The fourth-order valence-corrected chi connectivity index (χ4v) is 2.66. The van der Waals surface area contributed by atoms with Crippen LogP contribution in [0.4, 0.5) is 4.39 Å². The topological polar surface area (TPSA) is 46.5 Å². The van der Waals surface area contributed by atoms with E-state index in [1.54, 1.807) is 37.3 Å². The number of rotatable bonds is 5. The molecule has 0 aromatic heterocycles. The number of halogens is 1. The van der Waals surface area contributed by atoms with E-state index >= 15 is 0 Å². The Bertz CT molecular complexity index is 671. The maximum Gasteiger partial charge on any atom is 0.340 e. The predicted octanol–water partition coefficient (Wildman–Crippen LogP) is 4.74. The third kappa shape index (κ3) is 3.55. The van der Waals surface area contributed by atoms with Crippen molar-refractivity contribution in [2.45, 2.75) is 18.7 Å². The number of ether oxygens (including phenoxy) is 1. The Labute approximate surface area is 126 Å². The molecule has 2 aromatic carbocycles. The molecular weight excluding hydrogens is 291 g/mol. The zero-order chi connectivity index (χ0) is 15.4. The molecule has 0 aliphatic rings. The van der Waals surface area contributed by atoms with Gasteiger partial charge in [-0.3, -0.25) is 0 Å². The van der Waals surface area contributed by atoms with E-state index in [-0.39, 0.29) is 22.9 Å².